The number of amides is 1. The van der Waals surface area contributed by atoms with E-state index < -0.39 is 18.1 Å². The van der Waals surface area contributed by atoms with E-state index >= 15 is 0 Å². The van der Waals surface area contributed by atoms with Crippen LogP contribution in [0, 0.1) is 0 Å². The minimum Gasteiger partial charge on any atom is -0.382 e. The first kappa shape index (κ1) is 17.1. The van der Waals surface area contributed by atoms with E-state index in [1.807, 2.05) is 60.7 Å². The quantitative estimate of drug-likeness (QED) is 0.646. The largest absolute Gasteiger partial charge is 0.382 e. The number of nitrogens with two attached hydrogens (primary N) is 1. The molecule has 0 aliphatic heterocycles. The first-order valence-electron chi connectivity index (χ1n) is 7.60. The number of aliphatic hydroxyl groups excluding tert-OH is 1. The number of hydroxylamine groups is 1. The van der Waals surface area contributed by atoms with Gasteiger partial charge in [-0.2, -0.15) is 0 Å². The SMILES string of the molecule is NC(CCc1ccccc1)C(O)C(=O)NOCc1ccccc1. The molecule has 2 rings (SSSR count). The third-order valence-corrected chi connectivity index (χ3v) is 3.54. The van der Waals surface area contributed by atoms with Crippen molar-refractivity contribution in [1.82, 2.24) is 5.48 Å². The Morgan fingerprint density at radius 1 is 1.04 bits per heavy atom. The molecule has 2 aromatic carbocycles. The van der Waals surface area contributed by atoms with E-state index in [2.05, 4.69) is 5.48 Å². The summed E-state index contributed by atoms with van der Waals surface area (Å²) >= 11 is 0. The number of aliphatic hydroxyl groups is 1. The van der Waals surface area contributed by atoms with Crippen LogP contribution in [0.4, 0.5) is 0 Å². The summed E-state index contributed by atoms with van der Waals surface area (Å²) in [7, 11) is 0. The maximum atomic E-state index is 11.8. The van der Waals surface area contributed by atoms with Crippen molar-refractivity contribution in [2.24, 2.45) is 5.73 Å². The van der Waals surface area contributed by atoms with E-state index in [9.17, 15) is 9.90 Å². The van der Waals surface area contributed by atoms with E-state index in [1.165, 1.54) is 0 Å². The Morgan fingerprint density at radius 3 is 2.22 bits per heavy atom. The van der Waals surface area contributed by atoms with Crippen molar-refractivity contribution in [3.8, 4) is 0 Å². The average molecular weight is 314 g/mol. The van der Waals surface area contributed by atoms with Crippen LogP contribution in [0.5, 0.6) is 0 Å². The molecule has 2 atom stereocenters. The summed E-state index contributed by atoms with van der Waals surface area (Å²) < 4.78 is 0. The number of aryl methyl sites for hydroxylation is 1. The highest BCUT2D eigenvalue weighted by atomic mass is 16.7. The molecule has 5 nitrogen and oxygen atoms in total. The maximum Gasteiger partial charge on any atom is 0.273 e. The monoisotopic (exact) mass is 314 g/mol. The van der Waals surface area contributed by atoms with Crippen LogP contribution in [0.1, 0.15) is 17.5 Å². The molecule has 0 saturated heterocycles. The Balaban J connectivity index is 1.70. The van der Waals surface area contributed by atoms with Gasteiger partial charge in [-0.25, -0.2) is 5.48 Å². The molecule has 0 spiro atoms. The van der Waals surface area contributed by atoms with Gasteiger partial charge >= 0.3 is 0 Å². The lowest BCUT2D eigenvalue weighted by Crippen LogP contribution is -2.46. The Kier molecular flexibility index (Phi) is 6.75. The molecule has 0 bridgehead atoms. The molecule has 5 heteroatoms. The van der Waals surface area contributed by atoms with Crippen molar-refractivity contribution in [1.29, 1.82) is 0 Å². The molecular formula is C18H22N2O3. The van der Waals surface area contributed by atoms with E-state index in [-0.39, 0.29) is 6.61 Å². The topological polar surface area (TPSA) is 84.6 Å². The van der Waals surface area contributed by atoms with Gasteiger partial charge in [0.2, 0.25) is 0 Å². The van der Waals surface area contributed by atoms with E-state index in [1.54, 1.807) is 0 Å². The minimum atomic E-state index is -1.30. The Hall–Kier alpha value is -2.21. The molecule has 0 fully saturated rings. The normalized spacial score (nSPS) is 13.3. The van der Waals surface area contributed by atoms with Crippen LogP contribution in [-0.2, 0) is 22.7 Å². The van der Waals surface area contributed by atoms with Gasteiger partial charge in [-0.3, -0.25) is 9.63 Å². The highest BCUT2D eigenvalue weighted by Gasteiger charge is 2.22. The number of carbonyl (C=O) groups is 1. The van der Waals surface area contributed by atoms with E-state index in [0.717, 1.165) is 11.1 Å². The predicted octanol–water partition coefficient (Wildman–Crippen LogP) is 1.56. The lowest BCUT2D eigenvalue weighted by Gasteiger charge is -2.18. The number of rotatable bonds is 8. The number of carbonyl (C=O) groups excluding carboxylic acids is 1. The van der Waals surface area contributed by atoms with Gasteiger partial charge in [0.05, 0.1) is 6.61 Å². The smallest absolute Gasteiger partial charge is 0.273 e. The molecule has 0 heterocycles. The third-order valence-electron chi connectivity index (χ3n) is 3.54. The summed E-state index contributed by atoms with van der Waals surface area (Å²) in [6.07, 6.45) is -0.0800. The van der Waals surface area contributed by atoms with Gasteiger partial charge in [0.1, 0.15) is 6.10 Å². The molecular weight excluding hydrogens is 292 g/mol. The molecule has 2 aromatic rings. The second-order valence-electron chi connectivity index (χ2n) is 5.37. The van der Waals surface area contributed by atoms with Crippen molar-refractivity contribution >= 4 is 5.91 Å². The summed E-state index contributed by atoms with van der Waals surface area (Å²) in [5.74, 6) is -0.624. The first-order valence-corrected chi connectivity index (χ1v) is 7.60. The fourth-order valence-electron chi connectivity index (χ4n) is 2.16. The van der Waals surface area contributed by atoms with Crippen molar-refractivity contribution in [2.75, 3.05) is 0 Å². The molecule has 0 aromatic heterocycles. The molecule has 0 aliphatic rings. The van der Waals surface area contributed by atoms with Crippen LogP contribution >= 0.6 is 0 Å². The van der Waals surface area contributed by atoms with Crippen LogP contribution in [-0.4, -0.2) is 23.2 Å². The number of benzene rings is 2. The van der Waals surface area contributed by atoms with Crippen LogP contribution in [0.25, 0.3) is 0 Å². The number of hydrogen-bond acceptors (Lipinski definition) is 4. The number of hydrogen-bond donors (Lipinski definition) is 3. The highest BCUT2D eigenvalue weighted by molar-refractivity contribution is 5.80. The summed E-state index contributed by atoms with van der Waals surface area (Å²) in [5, 5.41) is 9.94. The lowest BCUT2D eigenvalue weighted by molar-refractivity contribution is -0.144. The van der Waals surface area contributed by atoms with Crippen LogP contribution in [0.2, 0.25) is 0 Å². The summed E-state index contributed by atoms with van der Waals surface area (Å²) in [6, 6.07) is 18.6. The Morgan fingerprint density at radius 2 is 1.61 bits per heavy atom. The van der Waals surface area contributed by atoms with Crippen molar-refractivity contribution in [3.05, 3.63) is 71.8 Å². The van der Waals surface area contributed by atoms with Crippen LogP contribution in [0.3, 0.4) is 0 Å². The zero-order valence-corrected chi connectivity index (χ0v) is 12.9. The standard InChI is InChI=1S/C18H22N2O3/c19-16(12-11-14-7-3-1-4-8-14)17(21)18(22)20-23-13-15-9-5-2-6-10-15/h1-10,16-17,21H,11-13,19H2,(H,20,22). The molecule has 4 N–H and O–H groups in total. The van der Waals surface area contributed by atoms with Crippen molar-refractivity contribution < 1.29 is 14.7 Å². The molecule has 0 aliphatic carbocycles. The summed E-state index contributed by atoms with van der Waals surface area (Å²) in [5.41, 5.74) is 10.2. The van der Waals surface area contributed by atoms with Gasteiger partial charge in [-0.15, -0.1) is 0 Å². The van der Waals surface area contributed by atoms with Gasteiger partial charge in [0.25, 0.3) is 5.91 Å². The molecule has 0 saturated carbocycles. The molecule has 2 unspecified atom stereocenters. The lowest BCUT2D eigenvalue weighted by atomic mass is 10.0. The van der Waals surface area contributed by atoms with Gasteiger partial charge in [0, 0.05) is 6.04 Å². The van der Waals surface area contributed by atoms with Gasteiger partial charge in [-0.05, 0) is 24.0 Å². The third kappa shape index (κ3) is 5.83. The molecule has 1 amide bonds. The minimum absolute atomic E-state index is 0.235. The van der Waals surface area contributed by atoms with Gasteiger partial charge in [-0.1, -0.05) is 60.7 Å². The van der Waals surface area contributed by atoms with Gasteiger partial charge < -0.3 is 10.8 Å². The predicted molar refractivity (Wildman–Crippen MR) is 88.1 cm³/mol. The second-order valence-corrected chi connectivity index (χ2v) is 5.37. The fourth-order valence-corrected chi connectivity index (χ4v) is 2.16. The van der Waals surface area contributed by atoms with Gasteiger partial charge in [0.15, 0.2) is 0 Å². The van der Waals surface area contributed by atoms with E-state index in [4.69, 9.17) is 10.6 Å². The highest BCUT2D eigenvalue weighted by Crippen LogP contribution is 2.06. The Bertz CT molecular complexity index is 590. The van der Waals surface area contributed by atoms with Crippen LogP contribution in [0.15, 0.2) is 60.7 Å². The zero-order chi connectivity index (χ0) is 16.5. The molecule has 0 radical (unpaired) electrons. The maximum absolute atomic E-state index is 11.8. The number of nitrogens with one attached hydrogen (secondary N) is 1. The fraction of sp³-hybridized carbons (Fsp3) is 0.278. The van der Waals surface area contributed by atoms with Crippen molar-refractivity contribution in [2.45, 2.75) is 31.6 Å². The van der Waals surface area contributed by atoms with Crippen LogP contribution < -0.4 is 11.2 Å². The molecule has 122 valence electrons. The van der Waals surface area contributed by atoms with Crippen molar-refractivity contribution in [3.63, 3.8) is 0 Å². The second kappa shape index (κ2) is 9.05. The first-order chi connectivity index (χ1) is 11.2. The zero-order valence-electron chi connectivity index (χ0n) is 12.9. The Labute approximate surface area is 136 Å². The summed E-state index contributed by atoms with van der Waals surface area (Å²) in [6.45, 7) is 0.235. The summed E-state index contributed by atoms with van der Waals surface area (Å²) in [4.78, 5) is 16.9. The molecule has 23 heavy (non-hydrogen) atoms. The average Bonchev–Trinajstić information content (AvgIpc) is 2.60. The van der Waals surface area contributed by atoms with E-state index in [0.29, 0.717) is 12.8 Å².